The van der Waals surface area contributed by atoms with Crippen LogP contribution >= 0.6 is 12.1 Å². The molecule has 4 aliphatic rings. The number of fused-ring (bicyclic) bond motifs is 2. The summed E-state index contributed by atoms with van der Waals surface area (Å²) >= 11 is 1.26. The molecule has 19 heteroatoms. The van der Waals surface area contributed by atoms with Crippen molar-refractivity contribution in [3.05, 3.63) is 81.9 Å². The zero-order valence-electron chi connectivity index (χ0n) is 35.0. The third-order valence-electron chi connectivity index (χ3n) is 13.5. The summed E-state index contributed by atoms with van der Waals surface area (Å²) in [6.07, 6.45) is 6.32. The fraction of sp³-hybridized carbons (Fsp3) is 0.455. The lowest BCUT2D eigenvalue weighted by Gasteiger charge is -2.54. The van der Waals surface area contributed by atoms with Gasteiger partial charge in [-0.3, -0.25) is 34.0 Å². The molecule has 1 atom stereocenters. The molecule has 9 rings (SSSR count). The largest absolute Gasteiger partial charge is 0.453 e. The van der Waals surface area contributed by atoms with Crippen molar-refractivity contribution in [1.29, 1.82) is 5.26 Å². The number of imide groups is 1. The van der Waals surface area contributed by atoms with E-state index in [1.54, 1.807) is 30.1 Å². The average molecular weight is 887 g/mol. The molecule has 1 unspecified atom stereocenters. The molecule has 3 amide bonds. The molecule has 2 N–H and O–H groups in total. The van der Waals surface area contributed by atoms with E-state index in [1.165, 1.54) is 52.0 Å². The van der Waals surface area contributed by atoms with Gasteiger partial charge in [0, 0.05) is 56.2 Å². The highest BCUT2D eigenvalue weighted by molar-refractivity contribution is 7.98. The lowest BCUT2D eigenvalue weighted by molar-refractivity contribution is -0.120. The second-order valence-corrected chi connectivity index (χ2v) is 18.3. The molecule has 2 aliphatic carbocycles. The topological polar surface area (TPSA) is 154 Å². The first kappa shape index (κ1) is 42.6. The highest BCUT2D eigenvalue weighted by atomic mass is 32.2. The SMILES string of the molecule is CCN(C)SNc1ccc(F)c(Oc2ccc3ncn(C4CC5(CCC(N6CCC(c7cc8c(cc7F)c(N7CCC(=O)NC7=O)nn8C)C(F)(F)C6)CC5)C4)c(=O)c3c2)c1C#N. The summed E-state index contributed by atoms with van der Waals surface area (Å²) in [4.78, 5) is 45.7. The Morgan fingerprint density at radius 2 is 1.79 bits per heavy atom. The minimum absolute atomic E-state index is 0.0129. The van der Waals surface area contributed by atoms with Crippen LogP contribution in [0.25, 0.3) is 21.8 Å². The predicted molar refractivity (Wildman–Crippen MR) is 230 cm³/mol. The summed E-state index contributed by atoms with van der Waals surface area (Å²) in [5.74, 6) is -6.38. The molecular weight excluding hydrogens is 841 g/mol. The molecule has 14 nitrogen and oxygen atoms in total. The summed E-state index contributed by atoms with van der Waals surface area (Å²) < 4.78 is 77.0. The Hall–Kier alpha value is -5.71. The van der Waals surface area contributed by atoms with Crippen LogP contribution in [0.2, 0.25) is 0 Å². The van der Waals surface area contributed by atoms with Gasteiger partial charge in [-0.05, 0) is 112 Å². The number of hydrogen-bond acceptors (Lipinski definition) is 11. The number of aromatic nitrogens is 4. The summed E-state index contributed by atoms with van der Waals surface area (Å²) in [5, 5.41) is 17.1. The van der Waals surface area contributed by atoms with Crippen molar-refractivity contribution < 1.29 is 31.9 Å². The maximum absolute atomic E-state index is 16.1. The molecule has 0 bridgehead atoms. The van der Waals surface area contributed by atoms with E-state index >= 15 is 17.6 Å². The first-order chi connectivity index (χ1) is 30.2. The molecule has 2 saturated carbocycles. The van der Waals surface area contributed by atoms with E-state index in [0.717, 1.165) is 45.1 Å². The monoisotopic (exact) mass is 886 g/mol. The van der Waals surface area contributed by atoms with Crippen molar-refractivity contribution >= 4 is 57.4 Å². The molecule has 5 aromatic rings. The van der Waals surface area contributed by atoms with Crippen LogP contribution in [0, 0.1) is 28.4 Å². The second kappa shape index (κ2) is 16.4. The van der Waals surface area contributed by atoms with Crippen molar-refractivity contribution in [1.82, 2.24) is 33.9 Å². The van der Waals surface area contributed by atoms with Crippen LogP contribution in [0.15, 0.2) is 53.6 Å². The number of aryl methyl sites for hydroxylation is 1. The Labute approximate surface area is 364 Å². The maximum atomic E-state index is 16.1. The molecule has 63 heavy (non-hydrogen) atoms. The van der Waals surface area contributed by atoms with Crippen molar-refractivity contribution in [3.8, 4) is 17.6 Å². The molecule has 2 aliphatic heterocycles. The lowest BCUT2D eigenvalue weighted by atomic mass is 9.57. The minimum atomic E-state index is -3.20. The van der Waals surface area contributed by atoms with Gasteiger partial charge in [-0.2, -0.15) is 10.4 Å². The molecule has 2 saturated heterocycles. The summed E-state index contributed by atoms with van der Waals surface area (Å²) in [6.45, 7) is 2.68. The number of nitriles is 1. The van der Waals surface area contributed by atoms with Crippen LogP contribution in [0.3, 0.4) is 0 Å². The van der Waals surface area contributed by atoms with E-state index in [-0.39, 0.29) is 70.9 Å². The number of halogens is 4. The van der Waals surface area contributed by atoms with Gasteiger partial charge in [-0.15, -0.1) is 0 Å². The van der Waals surface area contributed by atoms with Gasteiger partial charge in [0.05, 0.1) is 40.9 Å². The molecule has 3 aromatic carbocycles. The number of carbonyl (C=O) groups excluding carboxylic acids is 2. The lowest BCUT2D eigenvalue weighted by Crippen LogP contribution is -2.54. The van der Waals surface area contributed by atoms with Crippen LogP contribution in [0.5, 0.6) is 11.5 Å². The Bertz CT molecular complexity index is 2740. The number of likely N-dealkylation sites (tertiary alicyclic amines) is 1. The third kappa shape index (κ3) is 7.86. The van der Waals surface area contributed by atoms with E-state index in [1.807, 2.05) is 29.2 Å². The van der Waals surface area contributed by atoms with Crippen LogP contribution in [-0.4, -0.2) is 85.7 Å². The van der Waals surface area contributed by atoms with Crippen LogP contribution in [0.4, 0.5) is 33.9 Å². The van der Waals surface area contributed by atoms with E-state index in [2.05, 4.69) is 20.1 Å². The molecule has 1 spiro atoms. The van der Waals surface area contributed by atoms with E-state index in [9.17, 15) is 19.6 Å². The average Bonchev–Trinajstić information content (AvgIpc) is 3.56. The highest BCUT2D eigenvalue weighted by Crippen LogP contribution is 2.57. The number of carbonyl (C=O) groups is 2. The summed E-state index contributed by atoms with van der Waals surface area (Å²) in [6, 6.07) is 11.2. The number of nitrogens with zero attached hydrogens (tertiary/aromatic N) is 8. The van der Waals surface area contributed by atoms with Gasteiger partial charge in [0.1, 0.15) is 23.2 Å². The van der Waals surface area contributed by atoms with Crippen molar-refractivity contribution in [3.63, 3.8) is 0 Å². The molecule has 4 fully saturated rings. The summed E-state index contributed by atoms with van der Waals surface area (Å²) in [7, 11) is 3.48. The number of benzene rings is 3. The molecule has 0 radical (unpaired) electrons. The predicted octanol–water partition coefficient (Wildman–Crippen LogP) is 7.99. The number of anilines is 2. The normalized spacial score (nSPS) is 23.9. The Morgan fingerprint density at radius 1 is 1.02 bits per heavy atom. The standard InChI is InChI=1S/C44H46F4N10O4S/c1-4-54(2)63-53-36-8-6-33(45)39(31(36)22-49)62-27-5-7-35-29(17-27)41(60)58(24-50-35)26-20-43(21-26)13-9-25(10-14-43)56-15-11-32(44(47,48)23-56)28-19-37-30(18-34(28)46)40(52-55(37)3)57-16-12-38(59)51-42(57)61/h5-8,17-19,24-26,32,53H,4,9-16,20-21,23H2,1-3H3,(H,51,59,61). The van der Waals surface area contributed by atoms with E-state index < -0.39 is 42.0 Å². The fourth-order valence-electron chi connectivity index (χ4n) is 9.89. The van der Waals surface area contributed by atoms with Crippen LogP contribution < -0.4 is 25.2 Å². The van der Waals surface area contributed by atoms with Crippen LogP contribution in [-0.2, 0) is 11.8 Å². The summed E-state index contributed by atoms with van der Waals surface area (Å²) in [5.41, 5.74) is 0.879. The quantitative estimate of drug-likeness (QED) is 0.104. The second-order valence-electron chi connectivity index (χ2n) is 17.2. The Balaban J connectivity index is 0.836. The van der Waals surface area contributed by atoms with E-state index in [0.29, 0.717) is 34.0 Å². The zero-order valence-corrected chi connectivity index (χ0v) is 35.8. The van der Waals surface area contributed by atoms with Crippen molar-refractivity contribution in [2.24, 2.45) is 12.5 Å². The third-order valence-corrected chi connectivity index (χ3v) is 14.4. The molecule has 2 aromatic heterocycles. The van der Waals surface area contributed by atoms with Gasteiger partial charge in [0.2, 0.25) is 5.91 Å². The van der Waals surface area contributed by atoms with Gasteiger partial charge in [0.25, 0.3) is 11.5 Å². The highest BCUT2D eigenvalue weighted by Gasteiger charge is 2.51. The van der Waals surface area contributed by atoms with Gasteiger partial charge >= 0.3 is 6.03 Å². The van der Waals surface area contributed by atoms with Crippen LogP contribution in [0.1, 0.15) is 81.4 Å². The number of urea groups is 1. The number of hydrogen-bond donors (Lipinski definition) is 2. The van der Waals surface area contributed by atoms with Gasteiger partial charge in [-0.25, -0.2) is 31.6 Å². The molecule has 330 valence electrons. The minimum Gasteiger partial charge on any atom is -0.453 e. The zero-order chi connectivity index (χ0) is 44.4. The number of piperidine rings is 1. The van der Waals surface area contributed by atoms with Gasteiger partial charge in [-0.1, -0.05) is 6.92 Å². The number of nitrogens with one attached hydrogen (secondary N) is 2. The smallest absolute Gasteiger partial charge is 0.329 e. The first-order valence-electron chi connectivity index (χ1n) is 21.1. The van der Waals surface area contributed by atoms with E-state index in [4.69, 9.17) is 4.74 Å². The maximum Gasteiger partial charge on any atom is 0.329 e. The Morgan fingerprint density at radius 3 is 2.51 bits per heavy atom. The fourth-order valence-corrected chi connectivity index (χ4v) is 10.4. The molecular formula is C44H46F4N10O4S. The van der Waals surface area contributed by atoms with Crippen molar-refractivity contribution in [2.45, 2.75) is 82.2 Å². The van der Waals surface area contributed by atoms with Crippen molar-refractivity contribution in [2.75, 3.05) is 42.8 Å². The van der Waals surface area contributed by atoms with Gasteiger partial charge in [0.15, 0.2) is 17.4 Å². The van der Waals surface area contributed by atoms with Gasteiger partial charge < -0.3 is 9.46 Å². The number of rotatable bonds is 10. The first-order valence-corrected chi connectivity index (χ1v) is 21.9. The molecule has 4 heterocycles. The number of amides is 3. The number of alkyl halides is 2. The Kier molecular flexibility index (Phi) is 11.1. The number of ether oxygens (including phenoxy) is 1.